The highest BCUT2D eigenvalue weighted by Crippen LogP contribution is 2.22. The summed E-state index contributed by atoms with van der Waals surface area (Å²) < 4.78 is 13.8. The molecule has 2 rings (SSSR count). The molecule has 2 aromatic carbocycles. The van der Waals surface area contributed by atoms with E-state index in [1.165, 1.54) is 6.07 Å². The SMILES string of the molecule is CC(c1ccccc1F)N(C)Cc1ccc(B(O)O)cc1. The average Bonchev–Trinajstić information content (AvgIpc) is 2.47. The Morgan fingerprint density at radius 3 is 2.29 bits per heavy atom. The van der Waals surface area contributed by atoms with Crippen molar-refractivity contribution in [3.8, 4) is 0 Å². The molecule has 0 spiro atoms. The predicted octanol–water partition coefficient (Wildman–Crippen LogP) is 1.70. The van der Waals surface area contributed by atoms with Gasteiger partial charge < -0.3 is 10.0 Å². The third kappa shape index (κ3) is 3.91. The molecule has 3 nitrogen and oxygen atoms in total. The zero-order valence-corrected chi connectivity index (χ0v) is 12.2. The van der Waals surface area contributed by atoms with Gasteiger partial charge in [-0.15, -0.1) is 0 Å². The first kappa shape index (κ1) is 15.7. The Morgan fingerprint density at radius 2 is 1.71 bits per heavy atom. The second-order valence-corrected chi connectivity index (χ2v) is 5.23. The van der Waals surface area contributed by atoms with Gasteiger partial charge in [0.15, 0.2) is 0 Å². The van der Waals surface area contributed by atoms with Crippen molar-refractivity contribution in [1.82, 2.24) is 4.90 Å². The van der Waals surface area contributed by atoms with E-state index in [1.807, 2.05) is 37.1 Å². The van der Waals surface area contributed by atoms with Crippen LogP contribution < -0.4 is 5.46 Å². The maximum absolute atomic E-state index is 13.8. The molecule has 0 heterocycles. The lowest BCUT2D eigenvalue weighted by Crippen LogP contribution is -2.29. The van der Waals surface area contributed by atoms with Crippen LogP contribution in [0, 0.1) is 5.82 Å². The lowest BCUT2D eigenvalue weighted by atomic mass is 9.80. The Morgan fingerprint density at radius 1 is 1.10 bits per heavy atom. The molecular formula is C16H19BFNO2. The van der Waals surface area contributed by atoms with Crippen LogP contribution in [-0.2, 0) is 6.54 Å². The van der Waals surface area contributed by atoms with E-state index in [2.05, 4.69) is 0 Å². The Bertz CT molecular complexity index is 589. The van der Waals surface area contributed by atoms with Crippen molar-refractivity contribution in [1.29, 1.82) is 0 Å². The first-order valence-corrected chi connectivity index (χ1v) is 6.88. The number of hydrogen-bond acceptors (Lipinski definition) is 3. The fourth-order valence-corrected chi connectivity index (χ4v) is 2.27. The van der Waals surface area contributed by atoms with Gasteiger partial charge in [0.2, 0.25) is 0 Å². The van der Waals surface area contributed by atoms with Crippen molar-refractivity contribution in [2.45, 2.75) is 19.5 Å². The average molecular weight is 287 g/mol. The van der Waals surface area contributed by atoms with Crippen molar-refractivity contribution in [3.63, 3.8) is 0 Å². The largest absolute Gasteiger partial charge is 0.488 e. The number of rotatable bonds is 5. The summed E-state index contributed by atoms with van der Waals surface area (Å²) in [5.41, 5.74) is 2.16. The molecule has 2 aromatic rings. The third-order valence-electron chi connectivity index (χ3n) is 3.73. The molecule has 0 aliphatic rings. The molecule has 1 atom stereocenters. The molecule has 0 amide bonds. The van der Waals surface area contributed by atoms with Crippen molar-refractivity contribution in [3.05, 3.63) is 65.5 Å². The summed E-state index contributed by atoms with van der Waals surface area (Å²) in [6.07, 6.45) is 0. The molecule has 110 valence electrons. The van der Waals surface area contributed by atoms with Crippen LogP contribution in [0.1, 0.15) is 24.1 Å². The van der Waals surface area contributed by atoms with E-state index >= 15 is 0 Å². The monoisotopic (exact) mass is 287 g/mol. The number of nitrogens with zero attached hydrogens (tertiary/aromatic N) is 1. The molecule has 5 heteroatoms. The van der Waals surface area contributed by atoms with E-state index in [0.29, 0.717) is 17.6 Å². The maximum atomic E-state index is 13.8. The number of halogens is 1. The van der Waals surface area contributed by atoms with Gasteiger partial charge in [0.05, 0.1) is 0 Å². The highest BCUT2D eigenvalue weighted by Gasteiger charge is 2.16. The second kappa shape index (κ2) is 6.85. The quantitative estimate of drug-likeness (QED) is 0.823. The van der Waals surface area contributed by atoms with Crippen LogP contribution in [0.3, 0.4) is 0 Å². The summed E-state index contributed by atoms with van der Waals surface area (Å²) in [5.74, 6) is -0.199. The summed E-state index contributed by atoms with van der Waals surface area (Å²) in [4.78, 5) is 2.04. The maximum Gasteiger partial charge on any atom is 0.488 e. The van der Waals surface area contributed by atoms with Crippen molar-refractivity contribution in [2.75, 3.05) is 7.05 Å². The third-order valence-corrected chi connectivity index (χ3v) is 3.73. The van der Waals surface area contributed by atoms with Gasteiger partial charge >= 0.3 is 7.12 Å². The zero-order valence-electron chi connectivity index (χ0n) is 12.2. The summed E-state index contributed by atoms with van der Waals surface area (Å²) >= 11 is 0. The van der Waals surface area contributed by atoms with Crippen LogP contribution in [0.25, 0.3) is 0 Å². The topological polar surface area (TPSA) is 43.7 Å². The summed E-state index contributed by atoms with van der Waals surface area (Å²) in [6.45, 7) is 2.61. The van der Waals surface area contributed by atoms with Gasteiger partial charge in [-0.1, -0.05) is 42.5 Å². The van der Waals surface area contributed by atoms with Gasteiger partial charge in [-0.2, -0.15) is 0 Å². The minimum Gasteiger partial charge on any atom is -0.423 e. The minimum atomic E-state index is -1.45. The zero-order chi connectivity index (χ0) is 15.4. The molecule has 1 unspecified atom stereocenters. The van der Waals surface area contributed by atoms with Gasteiger partial charge in [-0.3, -0.25) is 4.90 Å². The summed E-state index contributed by atoms with van der Waals surface area (Å²) in [6, 6.07) is 13.8. The highest BCUT2D eigenvalue weighted by atomic mass is 19.1. The molecule has 0 saturated carbocycles. The molecule has 0 aromatic heterocycles. The normalized spacial score (nSPS) is 12.5. The summed E-state index contributed by atoms with van der Waals surface area (Å²) in [5, 5.41) is 18.1. The fraction of sp³-hybridized carbons (Fsp3) is 0.250. The molecule has 0 aliphatic heterocycles. The van der Waals surface area contributed by atoms with Crippen molar-refractivity contribution < 1.29 is 14.4 Å². The molecule has 0 bridgehead atoms. The minimum absolute atomic E-state index is 0.0469. The van der Waals surface area contributed by atoms with Crippen LogP contribution in [0.5, 0.6) is 0 Å². The Balaban J connectivity index is 2.07. The Kier molecular flexibility index (Phi) is 5.12. The predicted molar refractivity (Wildman–Crippen MR) is 82.5 cm³/mol. The van der Waals surface area contributed by atoms with Crippen molar-refractivity contribution in [2.24, 2.45) is 0 Å². The number of benzene rings is 2. The van der Waals surface area contributed by atoms with Gasteiger partial charge in [-0.25, -0.2) is 4.39 Å². The highest BCUT2D eigenvalue weighted by molar-refractivity contribution is 6.58. The lowest BCUT2D eigenvalue weighted by Gasteiger charge is -2.25. The van der Waals surface area contributed by atoms with Crippen LogP contribution in [0.4, 0.5) is 4.39 Å². The molecular weight excluding hydrogens is 268 g/mol. The van der Waals surface area contributed by atoms with Gasteiger partial charge in [-0.05, 0) is 31.1 Å². The lowest BCUT2D eigenvalue weighted by molar-refractivity contribution is 0.248. The van der Waals surface area contributed by atoms with Crippen LogP contribution in [0.15, 0.2) is 48.5 Å². The first-order chi connectivity index (χ1) is 9.99. The van der Waals surface area contributed by atoms with E-state index in [1.54, 1.807) is 24.3 Å². The van der Waals surface area contributed by atoms with E-state index in [0.717, 1.165) is 5.56 Å². The first-order valence-electron chi connectivity index (χ1n) is 6.88. The Hall–Kier alpha value is -1.69. The second-order valence-electron chi connectivity index (χ2n) is 5.23. The fourth-order valence-electron chi connectivity index (χ4n) is 2.27. The van der Waals surface area contributed by atoms with Crippen molar-refractivity contribution >= 4 is 12.6 Å². The summed E-state index contributed by atoms with van der Waals surface area (Å²) in [7, 11) is 0.487. The van der Waals surface area contributed by atoms with E-state index < -0.39 is 7.12 Å². The van der Waals surface area contributed by atoms with E-state index in [-0.39, 0.29) is 11.9 Å². The van der Waals surface area contributed by atoms with Crippen LogP contribution in [0.2, 0.25) is 0 Å². The molecule has 0 aliphatic carbocycles. The smallest absolute Gasteiger partial charge is 0.423 e. The van der Waals surface area contributed by atoms with Gasteiger partial charge in [0.25, 0.3) is 0 Å². The number of hydrogen-bond donors (Lipinski definition) is 2. The van der Waals surface area contributed by atoms with E-state index in [4.69, 9.17) is 10.0 Å². The Labute approximate surface area is 124 Å². The molecule has 0 radical (unpaired) electrons. The standard InChI is InChI=1S/C16H19BFNO2/c1-12(15-5-3-4-6-16(15)18)19(2)11-13-7-9-14(10-8-13)17(20)21/h3-10,12,20-21H,11H2,1-2H3. The van der Waals surface area contributed by atoms with Crippen LogP contribution in [-0.4, -0.2) is 29.1 Å². The van der Waals surface area contributed by atoms with E-state index in [9.17, 15) is 4.39 Å². The molecule has 2 N–H and O–H groups in total. The van der Waals surface area contributed by atoms with Gasteiger partial charge in [0, 0.05) is 18.2 Å². The molecule has 21 heavy (non-hydrogen) atoms. The van der Waals surface area contributed by atoms with Gasteiger partial charge in [0.1, 0.15) is 5.82 Å². The molecule has 0 saturated heterocycles. The molecule has 0 fully saturated rings. The van der Waals surface area contributed by atoms with Crippen LogP contribution >= 0.6 is 0 Å².